The Hall–Kier alpha value is -1.35. The van der Waals surface area contributed by atoms with Crippen molar-refractivity contribution in [3.8, 4) is 0 Å². The fourth-order valence-corrected chi connectivity index (χ4v) is 1.99. The van der Waals surface area contributed by atoms with Crippen molar-refractivity contribution in [1.82, 2.24) is 5.32 Å². The van der Waals surface area contributed by atoms with Crippen LogP contribution in [0, 0.1) is 0 Å². The lowest BCUT2D eigenvalue weighted by Gasteiger charge is -2.29. The van der Waals surface area contributed by atoms with E-state index in [9.17, 15) is 4.79 Å². The average molecular weight is 218 g/mol. The predicted molar refractivity (Wildman–Crippen MR) is 65.6 cm³/mol. The number of anilines is 1. The van der Waals surface area contributed by atoms with Gasteiger partial charge in [0.2, 0.25) is 5.91 Å². The molecule has 3 nitrogen and oxygen atoms in total. The minimum absolute atomic E-state index is 0.139. The second-order valence-corrected chi connectivity index (χ2v) is 4.71. The number of para-hydroxylation sites is 1. The molecule has 86 valence electrons. The average Bonchev–Trinajstić information content (AvgIpc) is 2.71. The number of rotatable bonds is 2. The summed E-state index contributed by atoms with van der Waals surface area (Å²) >= 11 is 0. The van der Waals surface area contributed by atoms with E-state index in [1.165, 1.54) is 5.56 Å². The molecule has 0 fully saturated rings. The molecule has 0 aromatic heterocycles. The van der Waals surface area contributed by atoms with Crippen molar-refractivity contribution in [2.24, 2.45) is 0 Å². The number of nitrogens with one attached hydrogen (secondary N) is 1. The molecule has 0 bridgehead atoms. The van der Waals surface area contributed by atoms with Gasteiger partial charge < -0.3 is 10.2 Å². The molecule has 0 unspecified atom stereocenters. The standard InChI is InChI=1S/C13H18N2O/c1-13(2,14-3)12(16)15-9-8-10-6-4-5-7-11(10)15/h4-7,14H,8-9H2,1-3H3. The molecule has 0 spiro atoms. The number of benzene rings is 1. The lowest BCUT2D eigenvalue weighted by atomic mass is 10.0. The topological polar surface area (TPSA) is 32.3 Å². The van der Waals surface area contributed by atoms with Gasteiger partial charge in [0.15, 0.2) is 0 Å². The maximum Gasteiger partial charge on any atom is 0.246 e. The Balaban J connectivity index is 2.29. The van der Waals surface area contributed by atoms with Crippen molar-refractivity contribution in [3.63, 3.8) is 0 Å². The lowest BCUT2D eigenvalue weighted by molar-refractivity contribution is -0.123. The highest BCUT2D eigenvalue weighted by atomic mass is 16.2. The van der Waals surface area contributed by atoms with E-state index in [-0.39, 0.29) is 5.91 Å². The molecule has 1 amide bonds. The summed E-state index contributed by atoms with van der Waals surface area (Å²) in [5.41, 5.74) is 1.83. The van der Waals surface area contributed by atoms with E-state index in [0.717, 1.165) is 18.7 Å². The van der Waals surface area contributed by atoms with Gasteiger partial charge in [0.1, 0.15) is 0 Å². The number of hydrogen-bond acceptors (Lipinski definition) is 2. The van der Waals surface area contributed by atoms with E-state index in [1.807, 2.05) is 44.0 Å². The molecule has 0 atom stereocenters. The van der Waals surface area contributed by atoms with Crippen LogP contribution >= 0.6 is 0 Å². The highest BCUT2D eigenvalue weighted by Crippen LogP contribution is 2.29. The van der Waals surface area contributed by atoms with Gasteiger partial charge in [0, 0.05) is 12.2 Å². The molecular formula is C13H18N2O. The second-order valence-electron chi connectivity index (χ2n) is 4.71. The molecule has 16 heavy (non-hydrogen) atoms. The molecule has 0 saturated heterocycles. The number of fused-ring (bicyclic) bond motifs is 1. The molecule has 1 aromatic rings. The molecule has 3 heteroatoms. The van der Waals surface area contributed by atoms with Gasteiger partial charge in [-0.15, -0.1) is 0 Å². The molecule has 0 radical (unpaired) electrons. The van der Waals surface area contributed by atoms with E-state index >= 15 is 0 Å². The summed E-state index contributed by atoms with van der Waals surface area (Å²) < 4.78 is 0. The van der Waals surface area contributed by atoms with E-state index in [0.29, 0.717) is 0 Å². The van der Waals surface area contributed by atoms with Crippen molar-refractivity contribution in [1.29, 1.82) is 0 Å². The van der Waals surface area contributed by atoms with E-state index in [1.54, 1.807) is 0 Å². The first-order chi connectivity index (χ1) is 7.56. The van der Waals surface area contributed by atoms with Crippen LogP contribution in [0.3, 0.4) is 0 Å². The van der Waals surface area contributed by atoms with Crippen LogP contribution < -0.4 is 10.2 Å². The van der Waals surface area contributed by atoms with Crippen LogP contribution in [0.2, 0.25) is 0 Å². The van der Waals surface area contributed by atoms with Gasteiger partial charge in [-0.2, -0.15) is 0 Å². The van der Waals surface area contributed by atoms with Crippen molar-refractivity contribution in [3.05, 3.63) is 29.8 Å². The van der Waals surface area contributed by atoms with Gasteiger partial charge in [-0.3, -0.25) is 4.79 Å². The Morgan fingerprint density at radius 3 is 2.75 bits per heavy atom. The molecule has 1 aromatic carbocycles. The summed E-state index contributed by atoms with van der Waals surface area (Å²) in [4.78, 5) is 14.2. The summed E-state index contributed by atoms with van der Waals surface area (Å²) in [7, 11) is 1.82. The Morgan fingerprint density at radius 1 is 1.38 bits per heavy atom. The fraction of sp³-hybridized carbons (Fsp3) is 0.462. The summed E-state index contributed by atoms with van der Waals surface area (Å²) in [5.74, 6) is 0.139. The number of likely N-dealkylation sites (N-methyl/N-ethyl adjacent to an activating group) is 1. The van der Waals surface area contributed by atoms with Crippen LogP contribution in [0.25, 0.3) is 0 Å². The molecule has 1 aliphatic heterocycles. The number of carbonyl (C=O) groups is 1. The predicted octanol–water partition coefficient (Wildman–Crippen LogP) is 1.57. The third-order valence-corrected chi connectivity index (χ3v) is 3.29. The van der Waals surface area contributed by atoms with Crippen molar-refractivity contribution in [2.75, 3.05) is 18.5 Å². The van der Waals surface area contributed by atoms with Crippen LogP contribution in [0.5, 0.6) is 0 Å². The minimum Gasteiger partial charge on any atom is -0.310 e. The van der Waals surface area contributed by atoms with E-state index < -0.39 is 5.54 Å². The zero-order chi connectivity index (χ0) is 11.8. The molecule has 1 N–H and O–H groups in total. The van der Waals surface area contributed by atoms with Crippen molar-refractivity contribution >= 4 is 11.6 Å². The van der Waals surface area contributed by atoms with Gasteiger partial charge >= 0.3 is 0 Å². The first-order valence-electron chi connectivity index (χ1n) is 5.65. The normalized spacial score (nSPS) is 15.1. The molecule has 2 rings (SSSR count). The Labute approximate surface area is 96.5 Å². The molecule has 0 saturated carbocycles. The summed E-state index contributed by atoms with van der Waals surface area (Å²) in [5, 5.41) is 3.06. The zero-order valence-corrected chi connectivity index (χ0v) is 10.1. The number of hydrogen-bond donors (Lipinski definition) is 1. The molecule has 1 heterocycles. The molecular weight excluding hydrogens is 200 g/mol. The maximum atomic E-state index is 12.3. The highest BCUT2D eigenvalue weighted by molar-refractivity contribution is 6.01. The first-order valence-corrected chi connectivity index (χ1v) is 5.65. The summed E-state index contributed by atoms with van der Waals surface area (Å²) in [6, 6.07) is 8.12. The van der Waals surface area contributed by atoms with Crippen LogP contribution in [0.4, 0.5) is 5.69 Å². The molecule has 1 aliphatic rings. The van der Waals surface area contributed by atoms with Crippen LogP contribution in [0.15, 0.2) is 24.3 Å². The fourth-order valence-electron chi connectivity index (χ4n) is 1.99. The van der Waals surface area contributed by atoms with Crippen LogP contribution in [0.1, 0.15) is 19.4 Å². The Morgan fingerprint density at radius 2 is 2.06 bits per heavy atom. The third-order valence-electron chi connectivity index (χ3n) is 3.29. The quantitative estimate of drug-likeness (QED) is 0.817. The van der Waals surface area contributed by atoms with Gasteiger partial charge in [0.25, 0.3) is 0 Å². The smallest absolute Gasteiger partial charge is 0.246 e. The zero-order valence-electron chi connectivity index (χ0n) is 10.1. The van der Waals surface area contributed by atoms with Crippen LogP contribution in [-0.4, -0.2) is 25.0 Å². The second kappa shape index (κ2) is 3.91. The number of nitrogens with zero attached hydrogens (tertiary/aromatic N) is 1. The van der Waals surface area contributed by atoms with Gasteiger partial charge in [0.05, 0.1) is 5.54 Å². The number of amides is 1. The summed E-state index contributed by atoms with van der Waals surface area (Å²) in [6.45, 7) is 4.62. The van der Waals surface area contributed by atoms with E-state index in [2.05, 4.69) is 11.4 Å². The Kier molecular flexibility index (Phi) is 2.72. The van der Waals surface area contributed by atoms with E-state index in [4.69, 9.17) is 0 Å². The SMILES string of the molecule is CNC(C)(C)C(=O)N1CCc2ccccc21. The monoisotopic (exact) mass is 218 g/mol. The molecule has 0 aliphatic carbocycles. The maximum absolute atomic E-state index is 12.3. The van der Waals surface area contributed by atoms with Crippen LogP contribution in [-0.2, 0) is 11.2 Å². The third kappa shape index (κ3) is 1.71. The van der Waals surface area contributed by atoms with Crippen molar-refractivity contribution < 1.29 is 4.79 Å². The largest absolute Gasteiger partial charge is 0.310 e. The number of carbonyl (C=O) groups excluding carboxylic acids is 1. The van der Waals surface area contributed by atoms with Crippen molar-refractivity contribution in [2.45, 2.75) is 25.8 Å². The Bertz CT molecular complexity index is 412. The minimum atomic E-state index is -0.503. The summed E-state index contributed by atoms with van der Waals surface area (Å²) in [6.07, 6.45) is 0.960. The first kappa shape index (κ1) is 11.1. The highest BCUT2D eigenvalue weighted by Gasteiger charge is 2.34. The van der Waals surface area contributed by atoms with Gasteiger partial charge in [-0.05, 0) is 38.9 Å². The lowest BCUT2D eigenvalue weighted by Crippen LogP contribution is -2.52. The van der Waals surface area contributed by atoms with Gasteiger partial charge in [-0.1, -0.05) is 18.2 Å². The van der Waals surface area contributed by atoms with Gasteiger partial charge in [-0.25, -0.2) is 0 Å².